The summed E-state index contributed by atoms with van der Waals surface area (Å²) in [6, 6.07) is 10.4. The van der Waals surface area contributed by atoms with Crippen molar-refractivity contribution in [2.75, 3.05) is 0 Å². The van der Waals surface area contributed by atoms with Crippen LogP contribution in [0.1, 0.15) is 85.0 Å². The maximum absolute atomic E-state index is 13.8. The molecule has 0 aliphatic carbocycles. The number of nitrogens with zero attached hydrogens (tertiary/aromatic N) is 1. The van der Waals surface area contributed by atoms with Crippen LogP contribution in [0.5, 0.6) is 0 Å². The highest BCUT2D eigenvalue weighted by Crippen LogP contribution is 2.35. The number of fused-ring (bicyclic) bond motifs is 1. The van der Waals surface area contributed by atoms with E-state index >= 15 is 0 Å². The number of carboxylic acids is 1. The Balaban J connectivity index is 2.42. The van der Waals surface area contributed by atoms with Crippen molar-refractivity contribution in [2.45, 2.75) is 53.9 Å². The van der Waals surface area contributed by atoms with E-state index in [1.54, 1.807) is 42.5 Å². The van der Waals surface area contributed by atoms with E-state index < -0.39 is 11.4 Å². The smallest absolute Gasteiger partial charge is 0.309 e. The van der Waals surface area contributed by atoms with Crippen LogP contribution >= 0.6 is 11.6 Å². The van der Waals surface area contributed by atoms with Gasteiger partial charge in [-0.05, 0) is 73.7 Å². The molecule has 5 nitrogen and oxygen atoms in total. The topological polar surface area (TPSA) is 75.8 Å². The second kappa shape index (κ2) is 9.14. The molecule has 3 aromatic rings. The summed E-state index contributed by atoms with van der Waals surface area (Å²) in [7, 11) is 0. The number of pyridine rings is 1. The second-order valence-corrected chi connectivity index (χ2v) is 10.2. The van der Waals surface area contributed by atoms with Crippen molar-refractivity contribution in [1.29, 1.82) is 0 Å². The SMILES string of the molecule is CC(C)C(=O)c1c(CC(C)(C)C(=O)O)c(C(=O)c2ccc(Cl)cc2)n2ccc(C(C)C)cc12. The molecule has 0 saturated carbocycles. The molecular formula is C27H30ClNO4. The van der Waals surface area contributed by atoms with Crippen molar-refractivity contribution in [3.05, 3.63) is 75.6 Å². The third-order valence-electron chi connectivity index (χ3n) is 6.02. The number of aromatic nitrogens is 1. The predicted molar refractivity (Wildman–Crippen MR) is 131 cm³/mol. The Kier molecular flexibility index (Phi) is 6.85. The Morgan fingerprint density at radius 3 is 2.15 bits per heavy atom. The molecule has 2 aromatic heterocycles. The van der Waals surface area contributed by atoms with Crippen LogP contribution < -0.4 is 0 Å². The maximum atomic E-state index is 13.8. The van der Waals surface area contributed by atoms with Crippen molar-refractivity contribution in [3.8, 4) is 0 Å². The summed E-state index contributed by atoms with van der Waals surface area (Å²) in [4.78, 5) is 39.2. The Labute approximate surface area is 199 Å². The fourth-order valence-electron chi connectivity index (χ4n) is 3.92. The van der Waals surface area contributed by atoms with Gasteiger partial charge in [0.2, 0.25) is 5.78 Å². The van der Waals surface area contributed by atoms with Crippen LogP contribution in [0.3, 0.4) is 0 Å². The number of benzene rings is 1. The first-order valence-electron chi connectivity index (χ1n) is 11.1. The largest absolute Gasteiger partial charge is 0.481 e. The lowest BCUT2D eigenvalue weighted by Gasteiger charge is -2.20. The van der Waals surface area contributed by atoms with Crippen LogP contribution in [0.4, 0.5) is 0 Å². The molecule has 0 atom stereocenters. The number of aliphatic carboxylic acids is 1. The zero-order valence-corrected chi connectivity index (χ0v) is 20.7. The van der Waals surface area contributed by atoms with Gasteiger partial charge >= 0.3 is 5.97 Å². The van der Waals surface area contributed by atoms with Gasteiger partial charge in [-0.2, -0.15) is 0 Å². The van der Waals surface area contributed by atoms with Gasteiger partial charge < -0.3 is 9.51 Å². The third kappa shape index (κ3) is 4.74. The summed E-state index contributed by atoms with van der Waals surface area (Å²) in [5.74, 6) is -1.48. The second-order valence-electron chi connectivity index (χ2n) is 9.79. The molecule has 0 saturated heterocycles. The van der Waals surface area contributed by atoms with Crippen LogP contribution in [0.2, 0.25) is 5.02 Å². The third-order valence-corrected chi connectivity index (χ3v) is 6.27. The molecule has 33 heavy (non-hydrogen) atoms. The summed E-state index contributed by atoms with van der Waals surface area (Å²) in [6.45, 7) is 11.0. The molecule has 1 N–H and O–H groups in total. The van der Waals surface area contributed by atoms with Crippen molar-refractivity contribution in [1.82, 2.24) is 4.40 Å². The molecule has 3 rings (SSSR count). The van der Waals surface area contributed by atoms with Crippen molar-refractivity contribution < 1.29 is 19.5 Å². The van der Waals surface area contributed by atoms with Gasteiger partial charge in [0, 0.05) is 28.3 Å². The molecule has 2 heterocycles. The summed E-state index contributed by atoms with van der Waals surface area (Å²) in [5, 5.41) is 10.3. The molecule has 0 amide bonds. The predicted octanol–water partition coefficient (Wildman–Crippen LogP) is 6.44. The molecule has 0 unspecified atom stereocenters. The van der Waals surface area contributed by atoms with Crippen molar-refractivity contribution in [2.24, 2.45) is 11.3 Å². The van der Waals surface area contributed by atoms with E-state index in [0.29, 0.717) is 32.9 Å². The summed E-state index contributed by atoms with van der Waals surface area (Å²) in [5.41, 5.74) is 2.14. The molecule has 174 valence electrons. The van der Waals surface area contributed by atoms with Gasteiger partial charge in [0.1, 0.15) is 0 Å². The van der Waals surface area contributed by atoms with Crippen molar-refractivity contribution in [3.63, 3.8) is 0 Å². The monoisotopic (exact) mass is 467 g/mol. The standard InChI is InChI=1S/C27H30ClNO4/c1-15(2)18-11-12-29-21(13-18)22(24(30)16(3)4)20(14-27(5,6)26(32)33)23(29)25(31)17-7-9-19(28)10-8-17/h7-13,15-16H,14H2,1-6H3,(H,32,33). The average Bonchev–Trinajstić information content (AvgIpc) is 3.04. The Bertz CT molecular complexity index is 1230. The van der Waals surface area contributed by atoms with E-state index in [-0.39, 0.29) is 29.8 Å². The molecule has 0 aliphatic heterocycles. The van der Waals surface area contributed by atoms with E-state index in [2.05, 4.69) is 13.8 Å². The minimum Gasteiger partial charge on any atom is -0.481 e. The normalized spacial score (nSPS) is 12.0. The lowest BCUT2D eigenvalue weighted by molar-refractivity contribution is -0.146. The van der Waals surface area contributed by atoms with Gasteiger partial charge in [-0.1, -0.05) is 39.3 Å². The number of carbonyl (C=O) groups excluding carboxylic acids is 2. The highest BCUT2D eigenvalue weighted by atomic mass is 35.5. The van der Waals surface area contributed by atoms with Gasteiger partial charge in [-0.25, -0.2) is 0 Å². The minimum absolute atomic E-state index is 0.0451. The van der Waals surface area contributed by atoms with Gasteiger partial charge in [-0.15, -0.1) is 0 Å². The summed E-state index contributed by atoms with van der Waals surface area (Å²) >= 11 is 6.01. The zero-order valence-electron chi connectivity index (χ0n) is 19.9. The number of rotatable bonds is 8. The Morgan fingerprint density at radius 2 is 1.64 bits per heavy atom. The van der Waals surface area contributed by atoms with E-state index in [9.17, 15) is 19.5 Å². The van der Waals surface area contributed by atoms with Crippen LogP contribution in [0.15, 0.2) is 42.6 Å². The summed E-state index contributed by atoms with van der Waals surface area (Å²) < 4.78 is 1.74. The molecule has 0 radical (unpaired) electrons. The highest BCUT2D eigenvalue weighted by Gasteiger charge is 2.35. The van der Waals surface area contributed by atoms with Crippen LogP contribution in [0.25, 0.3) is 5.52 Å². The lowest BCUT2D eigenvalue weighted by atomic mass is 9.82. The Morgan fingerprint density at radius 1 is 1.03 bits per heavy atom. The fraction of sp³-hybridized carbons (Fsp3) is 0.370. The molecule has 0 spiro atoms. The Hall–Kier alpha value is -2.92. The molecule has 6 heteroatoms. The number of Topliss-reactive ketones (excluding diaryl/α,β-unsaturated/α-hetero) is 1. The summed E-state index contributed by atoms with van der Waals surface area (Å²) in [6.07, 6.45) is 1.85. The molecule has 0 bridgehead atoms. The number of hydrogen-bond acceptors (Lipinski definition) is 3. The van der Waals surface area contributed by atoms with E-state index in [1.165, 1.54) is 0 Å². The van der Waals surface area contributed by atoms with Gasteiger partial charge in [0.25, 0.3) is 0 Å². The number of carboxylic acid groups (broad SMARTS) is 1. The average molecular weight is 468 g/mol. The number of hydrogen-bond donors (Lipinski definition) is 1. The van der Waals surface area contributed by atoms with E-state index in [0.717, 1.165) is 5.56 Å². The molecule has 0 aliphatic rings. The maximum Gasteiger partial charge on any atom is 0.309 e. The van der Waals surface area contributed by atoms with Gasteiger partial charge in [0.05, 0.1) is 16.6 Å². The number of carbonyl (C=O) groups is 3. The highest BCUT2D eigenvalue weighted by molar-refractivity contribution is 6.30. The minimum atomic E-state index is -1.17. The number of ketones is 2. The van der Waals surface area contributed by atoms with Gasteiger partial charge in [0.15, 0.2) is 5.78 Å². The first-order valence-corrected chi connectivity index (χ1v) is 11.5. The van der Waals surface area contributed by atoms with Crippen LogP contribution in [-0.2, 0) is 11.2 Å². The first kappa shape index (κ1) is 24.7. The molecule has 1 aromatic carbocycles. The van der Waals surface area contributed by atoms with E-state index in [1.807, 2.05) is 32.2 Å². The van der Waals surface area contributed by atoms with Crippen molar-refractivity contribution >= 4 is 34.7 Å². The van der Waals surface area contributed by atoms with Gasteiger partial charge in [-0.3, -0.25) is 14.4 Å². The van der Waals surface area contributed by atoms with E-state index in [4.69, 9.17) is 11.6 Å². The molecule has 0 fully saturated rings. The van der Waals surface area contributed by atoms with Crippen LogP contribution in [0, 0.1) is 11.3 Å². The molecular weight excluding hydrogens is 438 g/mol. The lowest BCUT2D eigenvalue weighted by Crippen LogP contribution is -2.28. The fourth-order valence-corrected chi connectivity index (χ4v) is 4.05. The first-order chi connectivity index (χ1) is 15.3. The quantitative estimate of drug-likeness (QED) is 0.387. The number of halogens is 1. The van der Waals surface area contributed by atoms with Crippen LogP contribution in [-0.4, -0.2) is 27.0 Å². The zero-order chi connectivity index (χ0) is 24.7.